The lowest BCUT2D eigenvalue weighted by molar-refractivity contribution is -0.117. The molecule has 7 heteroatoms. The van der Waals surface area contributed by atoms with Gasteiger partial charge in [-0.2, -0.15) is 5.26 Å². The van der Waals surface area contributed by atoms with Gasteiger partial charge < -0.3 is 19.4 Å². The van der Waals surface area contributed by atoms with Gasteiger partial charge in [-0.1, -0.05) is 0 Å². The number of methoxy groups -OCH3 is 1. The summed E-state index contributed by atoms with van der Waals surface area (Å²) < 4.78 is 12.8. The molecule has 170 valence electrons. The van der Waals surface area contributed by atoms with Gasteiger partial charge in [-0.25, -0.2) is 0 Å². The molecule has 0 spiro atoms. The molecule has 0 aliphatic carbocycles. The van der Waals surface area contributed by atoms with Crippen LogP contribution in [0.2, 0.25) is 0 Å². The van der Waals surface area contributed by atoms with E-state index in [1.54, 1.807) is 13.2 Å². The molecule has 1 aliphatic rings. The molecule has 1 N–H and O–H groups in total. The number of morpholine rings is 1. The Hall–Kier alpha value is -3.08. The van der Waals surface area contributed by atoms with E-state index in [4.69, 9.17) is 9.47 Å². The number of aromatic nitrogens is 1. The quantitative estimate of drug-likeness (QED) is 0.532. The van der Waals surface area contributed by atoms with E-state index in [0.29, 0.717) is 19.8 Å². The van der Waals surface area contributed by atoms with Crippen molar-refractivity contribution in [2.45, 2.75) is 33.2 Å². The Bertz CT molecular complexity index is 1020. The van der Waals surface area contributed by atoms with Crippen molar-refractivity contribution in [3.63, 3.8) is 0 Å². The van der Waals surface area contributed by atoms with Crippen molar-refractivity contribution in [2.75, 3.05) is 40.0 Å². The van der Waals surface area contributed by atoms with Crippen molar-refractivity contribution in [2.24, 2.45) is 0 Å². The smallest absolute Gasteiger partial charge is 0.262 e. The number of nitrogens with zero attached hydrogens (tertiary/aromatic N) is 3. The third-order valence-electron chi connectivity index (χ3n) is 6.01. The molecule has 2 aromatic rings. The molecule has 3 rings (SSSR count). The molecule has 0 radical (unpaired) electrons. The summed E-state index contributed by atoms with van der Waals surface area (Å²) in [5.41, 5.74) is 3.70. The molecule has 0 unspecified atom stereocenters. The lowest BCUT2D eigenvalue weighted by Crippen LogP contribution is -2.55. The number of aryl methyl sites for hydroxylation is 1. The normalized spacial score (nSPS) is 15.3. The molecule has 2 heterocycles. The van der Waals surface area contributed by atoms with Crippen LogP contribution in [0.4, 0.5) is 0 Å². The summed E-state index contributed by atoms with van der Waals surface area (Å²) in [7, 11) is 1.64. The Balaban J connectivity index is 1.77. The molecule has 1 saturated heterocycles. The van der Waals surface area contributed by atoms with Gasteiger partial charge in [0, 0.05) is 42.2 Å². The molecular formula is C25H32N4O3. The van der Waals surface area contributed by atoms with Crippen LogP contribution in [-0.2, 0) is 9.53 Å². The van der Waals surface area contributed by atoms with E-state index in [0.717, 1.165) is 41.5 Å². The van der Waals surface area contributed by atoms with E-state index >= 15 is 0 Å². The van der Waals surface area contributed by atoms with Crippen molar-refractivity contribution in [1.82, 2.24) is 14.8 Å². The van der Waals surface area contributed by atoms with Crippen molar-refractivity contribution >= 4 is 12.0 Å². The first-order valence-corrected chi connectivity index (χ1v) is 10.8. The molecule has 0 atom stereocenters. The van der Waals surface area contributed by atoms with Gasteiger partial charge in [-0.3, -0.25) is 9.69 Å². The fourth-order valence-corrected chi connectivity index (χ4v) is 4.04. The van der Waals surface area contributed by atoms with Gasteiger partial charge in [0.1, 0.15) is 17.4 Å². The van der Waals surface area contributed by atoms with Gasteiger partial charge in [0.25, 0.3) is 5.91 Å². The van der Waals surface area contributed by atoms with Crippen LogP contribution in [0.3, 0.4) is 0 Å². The Morgan fingerprint density at radius 3 is 2.50 bits per heavy atom. The van der Waals surface area contributed by atoms with Gasteiger partial charge >= 0.3 is 0 Å². The molecule has 1 amide bonds. The maximum absolute atomic E-state index is 12.8. The van der Waals surface area contributed by atoms with E-state index in [2.05, 4.69) is 34.7 Å². The maximum atomic E-state index is 12.8. The minimum absolute atomic E-state index is 0.0951. The van der Waals surface area contributed by atoms with Crippen molar-refractivity contribution < 1.29 is 14.3 Å². The van der Waals surface area contributed by atoms with E-state index in [1.807, 2.05) is 44.2 Å². The largest absolute Gasteiger partial charge is 0.497 e. The number of carbonyl (C=O) groups is 1. The van der Waals surface area contributed by atoms with E-state index in [1.165, 1.54) is 0 Å². The number of nitriles is 1. The van der Waals surface area contributed by atoms with Crippen molar-refractivity contribution in [3.8, 4) is 17.5 Å². The van der Waals surface area contributed by atoms with Crippen LogP contribution in [0.15, 0.2) is 35.9 Å². The minimum Gasteiger partial charge on any atom is -0.497 e. The predicted molar refractivity (Wildman–Crippen MR) is 125 cm³/mol. The average Bonchev–Trinajstić information content (AvgIpc) is 3.09. The van der Waals surface area contributed by atoms with E-state index in [9.17, 15) is 10.1 Å². The van der Waals surface area contributed by atoms with Crippen LogP contribution in [0.25, 0.3) is 11.8 Å². The Kier molecular flexibility index (Phi) is 7.39. The summed E-state index contributed by atoms with van der Waals surface area (Å²) in [6.07, 6.45) is 1.67. The first kappa shape index (κ1) is 23.6. The highest BCUT2D eigenvalue weighted by atomic mass is 16.5. The summed E-state index contributed by atoms with van der Waals surface area (Å²) in [5, 5.41) is 12.6. The molecule has 1 aromatic carbocycles. The molecule has 1 aliphatic heterocycles. The zero-order chi connectivity index (χ0) is 23.3. The van der Waals surface area contributed by atoms with Gasteiger partial charge in [-0.05, 0) is 69.7 Å². The minimum atomic E-state index is -0.358. The van der Waals surface area contributed by atoms with Crippen molar-refractivity contribution in [3.05, 3.63) is 52.9 Å². The first-order valence-electron chi connectivity index (χ1n) is 10.8. The first-order chi connectivity index (χ1) is 15.3. The van der Waals surface area contributed by atoms with Crippen LogP contribution in [-0.4, -0.2) is 60.9 Å². The topological polar surface area (TPSA) is 79.5 Å². The van der Waals surface area contributed by atoms with Crippen LogP contribution < -0.4 is 10.1 Å². The summed E-state index contributed by atoms with van der Waals surface area (Å²) in [4.78, 5) is 15.1. The molecular weight excluding hydrogens is 404 g/mol. The fourth-order valence-electron chi connectivity index (χ4n) is 4.04. The lowest BCUT2D eigenvalue weighted by Gasteiger charge is -2.40. The Morgan fingerprint density at radius 2 is 1.91 bits per heavy atom. The average molecular weight is 437 g/mol. The van der Waals surface area contributed by atoms with E-state index in [-0.39, 0.29) is 17.0 Å². The summed E-state index contributed by atoms with van der Waals surface area (Å²) in [6, 6.07) is 11.8. The number of hydrogen-bond acceptors (Lipinski definition) is 5. The second-order valence-corrected chi connectivity index (χ2v) is 8.62. The second kappa shape index (κ2) is 10.0. The van der Waals surface area contributed by atoms with Gasteiger partial charge in [-0.15, -0.1) is 0 Å². The molecule has 32 heavy (non-hydrogen) atoms. The van der Waals surface area contributed by atoms with Crippen LogP contribution in [0, 0.1) is 25.2 Å². The number of benzene rings is 1. The number of ether oxygens (including phenoxy) is 2. The monoisotopic (exact) mass is 436 g/mol. The summed E-state index contributed by atoms with van der Waals surface area (Å²) in [5.74, 6) is 0.433. The van der Waals surface area contributed by atoms with Crippen LogP contribution >= 0.6 is 0 Å². The number of nitrogens with one attached hydrogen (secondary N) is 1. The van der Waals surface area contributed by atoms with Gasteiger partial charge in [0.2, 0.25) is 0 Å². The zero-order valence-electron chi connectivity index (χ0n) is 19.6. The molecule has 0 bridgehead atoms. The molecule has 1 fully saturated rings. The number of rotatable bonds is 7. The second-order valence-electron chi connectivity index (χ2n) is 8.62. The fraction of sp³-hybridized carbons (Fsp3) is 0.440. The number of hydrogen-bond donors (Lipinski definition) is 1. The molecule has 7 nitrogen and oxygen atoms in total. The maximum Gasteiger partial charge on any atom is 0.262 e. The SMILES string of the molecule is COc1ccc(-n2c(C)cc(/C=C(/C#N)C(=O)NCC(C)(C)N3CCOCC3)c2C)cc1. The zero-order valence-corrected chi connectivity index (χ0v) is 19.6. The van der Waals surface area contributed by atoms with Crippen LogP contribution in [0.5, 0.6) is 5.75 Å². The van der Waals surface area contributed by atoms with Gasteiger partial charge in [0.05, 0.1) is 20.3 Å². The molecule has 0 saturated carbocycles. The highest BCUT2D eigenvalue weighted by molar-refractivity contribution is 6.01. The standard InChI is InChI=1S/C25H32N4O3/c1-18-14-20(19(2)29(18)22-6-8-23(31-5)9-7-22)15-21(16-26)24(30)27-17-25(3,4)28-10-12-32-13-11-28/h6-9,14-15H,10-13,17H2,1-5H3,(H,27,30)/b21-15-. The lowest BCUT2D eigenvalue weighted by atomic mass is 10.0. The predicted octanol–water partition coefficient (Wildman–Crippen LogP) is 3.24. The summed E-state index contributed by atoms with van der Waals surface area (Å²) >= 11 is 0. The third kappa shape index (κ3) is 5.21. The summed E-state index contributed by atoms with van der Waals surface area (Å²) in [6.45, 7) is 11.7. The third-order valence-corrected chi connectivity index (χ3v) is 6.01. The molecule has 1 aromatic heterocycles. The van der Waals surface area contributed by atoms with Crippen LogP contribution in [0.1, 0.15) is 30.8 Å². The Labute approximate surface area is 190 Å². The highest BCUT2D eigenvalue weighted by Gasteiger charge is 2.29. The highest BCUT2D eigenvalue weighted by Crippen LogP contribution is 2.24. The van der Waals surface area contributed by atoms with E-state index < -0.39 is 0 Å². The Morgan fingerprint density at radius 1 is 1.25 bits per heavy atom. The van der Waals surface area contributed by atoms with Gasteiger partial charge in [0.15, 0.2) is 0 Å². The van der Waals surface area contributed by atoms with Crippen molar-refractivity contribution in [1.29, 1.82) is 5.26 Å². The number of amides is 1. The number of carbonyl (C=O) groups excluding carboxylic acids is 1.